The van der Waals surface area contributed by atoms with E-state index in [9.17, 15) is 14.4 Å². The smallest absolute Gasteiger partial charge is 0.408 e. The highest BCUT2D eigenvalue weighted by molar-refractivity contribution is 5.92. The second-order valence-corrected chi connectivity index (χ2v) is 10.8. The number of hydrogen-bond acceptors (Lipinski definition) is 4. The Balaban J connectivity index is 2.41. The number of ether oxygens (including phenoxy) is 1. The molecule has 1 fully saturated rings. The van der Waals surface area contributed by atoms with Gasteiger partial charge in [-0.1, -0.05) is 23.8 Å². The first kappa shape index (κ1) is 25.7. The molecular weight excluding hydrogens is 406 g/mol. The lowest BCUT2D eigenvalue weighted by atomic mass is 9.95. The highest BCUT2D eigenvalue weighted by atomic mass is 16.6. The maximum absolute atomic E-state index is 13.6. The van der Waals surface area contributed by atoms with Crippen LogP contribution in [-0.2, 0) is 14.3 Å². The highest BCUT2D eigenvalue weighted by Crippen LogP contribution is 2.37. The van der Waals surface area contributed by atoms with E-state index in [1.54, 1.807) is 32.6 Å². The molecule has 2 rings (SSSR count). The first-order valence-corrected chi connectivity index (χ1v) is 11.3. The monoisotopic (exact) mass is 445 g/mol. The zero-order valence-corrected chi connectivity index (χ0v) is 21.0. The van der Waals surface area contributed by atoms with Crippen molar-refractivity contribution in [3.05, 3.63) is 34.9 Å². The SMILES string of the molecule is Cc1ccc(C)c(C(C(=O)NC(C)(C)C)N(C(=O)C(C)NC(=O)OC(C)(C)C)C2CC2)c1. The number of rotatable bonds is 6. The fraction of sp³-hybridized carbons (Fsp3) is 0.640. The largest absolute Gasteiger partial charge is 0.444 e. The lowest BCUT2D eigenvalue weighted by Gasteiger charge is -2.36. The van der Waals surface area contributed by atoms with Gasteiger partial charge in [-0.3, -0.25) is 9.59 Å². The van der Waals surface area contributed by atoms with E-state index in [0.717, 1.165) is 29.5 Å². The van der Waals surface area contributed by atoms with E-state index >= 15 is 0 Å². The molecule has 3 amide bonds. The minimum atomic E-state index is -0.833. The molecule has 0 spiro atoms. The summed E-state index contributed by atoms with van der Waals surface area (Å²) in [5, 5.41) is 5.68. The number of nitrogens with zero attached hydrogens (tertiary/aromatic N) is 1. The molecule has 1 aromatic carbocycles. The first-order valence-electron chi connectivity index (χ1n) is 11.3. The van der Waals surface area contributed by atoms with Crippen molar-refractivity contribution in [3.8, 4) is 0 Å². The Labute approximate surface area is 192 Å². The molecule has 1 aliphatic rings. The van der Waals surface area contributed by atoms with Crippen molar-refractivity contribution < 1.29 is 19.1 Å². The molecule has 0 aliphatic heterocycles. The van der Waals surface area contributed by atoms with Gasteiger partial charge in [0.1, 0.15) is 17.7 Å². The van der Waals surface area contributed by atoms with Crippen LogP contribution >= 0.6 is 0 Å². The summed E-state index contributed by atoms with van der Waals surface area (Å²) in [6.07, 6.45) is 1.00. The van der Waals surface area contributed by atoms with Crippen LogP contribution in [-0.4, -0.2) is 46.0 Å². The van der Waals surface area contributed by atoms with Crippen LogP contribution in [0.2, 0.25) is 0 Å². The summed E-state index contributed by atoms with van der Waals surface area (Å²) in [6, 6.07) is 4.28. The Morgan fingerprint density at radius 2 is 1.66 bits per heavy atom. The predicted octanol–water partition coefficient (Wildman–Crippen LogP) is 4.16. The minimum absolute atomic E-state index is 0.0407. The van der Waals surface area contributed by atoms with E-state index in [4.69, 9.17) is 4.74 Å². The number of aryl methyl sites for hydroxylation is 2. The van der Waals surface area contributed by atoms with Gasteiger partial charge >= 0.3 is 6.09 Å². The summed E-state index contributed by atoms with van der Waals surface area (Å²) >= 11 is 0. The van der Waals surface area contributed by atoms with Crippen molar-refractivity contribution in [2.45, 2.75) is 104 Å². The summed E-state index contributed by atoms with van der Waals surface area (Å²) in [5.41, 5.74) is 1.64. The average molecular weight is 446 g/mol. The van der Waals surface area contributed by atoms with Crippen molar-refractivity contribution in [1.29, 1.82) is 0 Å². The Kier molecular flexibility index (Phi) is 7.63. The summed E-state index contributed by atoms with van der Waals surface area (Å²) in [4.78, 5) is 41.0. The van der Waals surface area contributed by atoms with Gasteiger partial charge in [0.15, 0.2) is 0 Å². The number of carbonyl (C=O) groups excluding carboxylic acids is 3. The third-order valence-electron chi connectivity index (χ3n) is 5.05. The lowest BCUT2D eigenvalue weighted by molar-refractivity contribution is -0.143. The van der Waals surface area contributed by atoms with E-state index in [1.165, 1.54) is 0 Å². The first-order chi connectivity index (χ1) is 14.6. The number of hydrogen-bond donors (Lipinski definition) is 2. The fourth-order valence-electron chi connectivity index (χ4n) is 3.55. The summed E-state index contributed by atoms with van der Waals surface area (Å²) in [7, 11) is 0. The third kappa shape index (κ3) is 7.24. The van der Waals surface area contributed by atoms with Gasteiger partial charge in [-0.25, -0.2) is 4.79 Å². The molecule has 0 heterocycles. The van der Waals surface area contributed by atoms with Gasteiger partial charge in [0.25, 0.3) is 0 Å². The van der Waals surface area contributed by atoms with Gasteiger partial charge in [-0.05, 0) is 86.3 Å². The van der Waals surface area contributed by atoms with Gasteiger partial charge in [-0.2, -0.15) is 0 Å². The molecule has 0 saturated heterocycles. The van der Waals surface area contributed by atoms with Gasteiger partial charge in [0.05, 0.1) is 0 Å². The molecule has 2 unspecified atom stereocenters. The zero-order chi connectivity index (χ0) is 24.4. The van der Waals surface area contributed by atoms with Crippen LogP contribution in [0.4, 0.5) is 4.79 Å². The molecule has 32 heavy (non-hydrogen) atoms. The molecule has 1 saturated carbocycles. The second kappa shape index (κ2) is 9.51. The van der Waals surface area contributed by atoms with Gasteiger partial charge in [-0.15, -0.1) is 0 Å². The maximum Gasteiger partial charge on any atom is 0.408 e. The van der Waals surface area contributed by atoms with Crippen LogP contribution in [0.5, 0.6) is 0 Å². The van der Waals surface area contributed by atoms with E-state index in [0.29, 0.717) is 0 Å². The van der Waals surface area contributed by atoms with Crippen LogP contribution in [0.15, 0.2) is 18.2 Å². The predicted molar refractivity (Wildman–Crippen MR) is 125 cm³/mol. The minimum Gasteiger partial charge on any atom is -0.444 e. The molecule has 0 aromatic heterocycles. The van der Waals surface area contributed by atoms with Crippen molar-refractivity contribution in [2.75, 3.05) is 0 Å². The fourth-order valence-corrected chi connectivity index (χ4v) is 3.55. The lowest BCUT2D eigenvalue weighted by Crippen LogP contribution is -2.54. The number of amides is 3. The third-order valence-corrected chi connectivity index (χ3v) is 5.05. The van der Waals surface area contributed by atoms with Crippen LogP contribution in [0.25, 0.3) is 0 Å². The molecule has 0 radical (unpaired) electrons. The molecule has 178 valence electrons. The highest BCUT2D eigenvalue weighted by Gasteiger charge is 2.44. The standard InChI is InChI=1S/C25H39N3O4/c1-15-10-11-16(2)19(14-15)20(21(29)27-24(4,5)6)28(18-12-13-18)22(30)17(3)26-23(31)32-25(7,8)9/h10-11,14,17-18,20H,12-13H2,1-9H3,(H,26,31)(H,27,29). The molecule has 0 bridgehead atoms. The molecule has 2 atom stereocenters. The normalized spacial score (nSPS) is 16.0. The van der Waals surface area contributed by atoms with Crippen LogP contribution in [0.1, 0.15) is 84.0 Å². The van der Waals surface area contributed by atoms with Gasteiger partial charge in [0, 0.05) is 11.6 Å². The van der Waals surface area contributed by atoms with Gasteiger partial charge in [0.2, 0.25) is 11.8 Å². The van der Waals surface area contributed by atoms with E-state index < -0.39 is 29.3 Å². The Morgan fingerprint density at radius 3 is 2.16 bits per heavy atom. The number of carbonyl (C=O) groups is 3. The van der Waals surface area contributed by atoms with Gasteiger partial charge < -0.3 is 20.3 Å². The Bertz CT molecular complexity index is 863. The van der Waals surface area contributed by atoms with Crippen molar-refractivity contribution in [2.24, 2.45) is 0 Å². The number of alkyl carbamates (subject to hydrolysis) is 1. The summed E-state index contributed by atoms with van der Waals surface area (Å²) in [5.74, 6) is -0.524. The molecule has 7 nitrogen and oxygen atoms in total. The maximum atomic E-state index is 13.6. The van der Waals surface area contributed by atoms with Crippen molar-refractivity contribution in [1.82, 2.24) is 15.5 Å². The number of benzene rings is 1. The van der Waals surface area contributed by atoms with Crippen LogP contribution in [0, 0.1) is 13.8 Å². The molecular formula is C25H39N3O4. The Morgan fingerprint density at radius 1 is 1.06 bits per heavy atom. The molecule has 1 aliphatic carbocycles. The van der Waals surface area contributed by atoms with E-state index in [2.05, 4.69) is 10.6 Å². The van der Waals surface area contributed by atoms with Crippen LogP contribution in [0.3, 0.4) is 0 Å². The van der Waals surface area contributed by atoms with Crippen LogP contribution < -0.4 is 10.6 Å². The molecule has 2 N–H and O–H groups in total. The zero-order valence-electron chi connectivity index (χ0n) is 21.0. The van der Waals surface area contributed by atoms with E-state index in [-0.39, 0.29) is 17.9 Å². The van der Waals surface area contributed by atoms with Crippen molar-refractivity contribution in [3.63, 3.8) is 0 Å². The Hall–Kier alpha value is -2.57. The second-order valence-electron chi connectivity index (χ2n) is 10.8. The number of nitrogens with one attached hydrogen (secondary N) is 2. The summed E-state index contributed by atoms with van der Waals surface area (Å²) in [6.45, 7) is 16.6. The quantitative estimate of drug-likeness (QED) is 0.688. The van der Waals surface area contributed by atoms with E-state index in [1.807, 2.05) is 52.8 Å². The molecule has 1 aromatic rings. The average Bonchev–Trinajstić information content (AvgIpc) is 3.42. The topological polar surface area (TPSA) is 87.7 Å². The molecule has 7 heteroatoms. The summed E-state index contributed by atoms with van der Waals surface area (Å²) < 4.78 is 5.31. The van der Waals surface area contributed by atoms with Crippen molar-refractivity contribution >= 4 is 17.9 Å².